The summed E-state index contributed by atoms with van der Waals surface area (Å²) in [6.45, 7) is 0.297. The molecular weight excluding hydrogens is 364 g/mol. The molecule has 7 heteroatoms. The average molecular weight is 378 g/mol. The highest BCUT2D eigenvalue weighted by Gasteiger charge is 2.22. The molecule has 0 amide bonds. The van der Waals surface area contributed by atoms with Gasteiger partial charge in [-0.25, -0.2) is 8.42 Å². The van der Waals surface area contributed by atoms with Crippen LogP contribution in [0.4, 0.5) is 0 Å². The van der Waals surface area contributed by atoms with Crippen molar-refractivity contribution in [3.63, 3.8) is 0 Å². The Hall–Kier alpha value is -0.820. The molecule has 1 aromatic carbocycles. The number of alkyl halides is 1. The van der Waals surface area contributed by atoms with E-state index in [0.29, 0.717) is 12.2 Å². The highest BCUT2D eigenvalue weighted by Crippen LogP contribution is 2.22. The number of aromatic nitrogens is 1. The summed E-state index contributed by atoms with van der Waals surface area (Å²) in [5.41, 5.74) is 1.59. The molecule has 0 fully saturated rings. The Morgan fingerprint density at radius 1 is 1.35 bits per heavy atom. The molecule has 1 aromatic heterocycles. The lowest BCUT2D eigenvalue weighted by molar-refractivity contribution is 0.466. The van der Waals surface area contributed by atoms with Crippen molar-refractivity contribution in [2.75, 3.05) is 7.05 Å². The highest BCUT2D eigenvalue weighted by molar-refractivity contribution is 9.10. The van der Waals surface area contributed by atoms with E-state index in [1.165, 1.54) is 10.5 Å². The zero-order chi connectivity index (χ0) is 14.8. The van der Waals surface area contributed by atoms with Crippen LogP contribution in [0.2, 0.25) is 0 Å². The molecule has 2 aromatic rings. The molecule has 0 unspecified atom stereocenters. The molecule has 0 aliphatic rings. The number of hydrogen-bond acceptors (Lipinski definition) is 2. The number of hydrogen-bond donors (Lipinski definition) is 1. The van der Waals surface area contributed by atoms with Crippen LogP contribution in [0.15, 0.2) is 45.9 Å². The lowest BCUT2D eigenvalue weighted by atomic mass is 10.2. The van der Waals surface area contributed by atoms with Crippen molar-refractivity contribution in [1.29, 1.82) is 0 Å². The standard InChI is InChI=1S/C13H14BrClN2O2S/c1-17(9-10-4-2-3-5-13(10)14)20(18,19)12-6-11(7-15)16-8-12/h2-6,8,16H,7,9H2,1H3. The van der Waals surface area contributed by atoms with E-state index in [1.54, 1.807) is 13.1 Å². The van der Waals surface area contributed by atoms with Crippen molar-refractivity contribution in [1.82, 2.24) is 9.29 Å². The maximum atomic E-state index is 12.4. The Kier molecular flexibility index (Phi) is 4.90. The third-order valence-electron chi connectivity index (χ3n) is 2.92. The van der Waals surface area contributed by atoms with E-state index in [9.17, 15) is 8.42 Å². The smallest absolute Gasteiger partial charge is 0.244 e. The van der Waals surface area contributed by atoms with Crippen molar-refractivity contribution >= 4 is 37.6 Å². The number of halogens is 2. The van der Waals surface area contributed by atoms with Gasteiger partial charge in [0.15, 0.2) is 0 Å². The Morgan fingerprint density at radius 2 is 2.05 bits per heavy atom. The molecule has 0 atom stereocenters. The molecule has 0 radical (unpaired) electrons. The van der Waals surface area contributed by atoms with E-state index >= 15 is 0 Å². The summed E-state index contributed by atoms with van der Waals surface area (Å²) in [6, 6.07) is 9.09. The Balaban J connectivity index is 2.23. The highest BCUT2D eigenvalue weighted by atomic mass is 79.9. The number of sulfonamides is 1. The van der Waals surface area contributed by atoms with Crippen molar-refractivity contribution in [2.24, 2.45) is 0 Å². The van der Waals surface area contributed by atoms with Crippen molar-refractivity contribution < 1.29 is 8.42 Å². The summed E-state index contributed by atoms with van der Waals surface area (Å²) < 4.78 is 27.0. The zero-order valence-corrected chi connectivity index (χ0v) is 14.0. The van der Waals surface area contributed by atoms with Gasteiger partial charge in [-0.2, -0.15) is 4.31 Å². The molecule has 0 spiro atoms. The van der Waals surface area contributed by atoms with Crippen LogP contribution in [0.3, 0.4) is 0 Å². The van der Waals surface area contributed by atoms with Gasteiger partial charge in [0.1, 0.15) is 0 Å². The summed E-state index contributed by atoms with van der Waals surface area (Å²) in [6.07, 6.45) is 1.46. The fourth-order valence-corrected chi connectivity index (χ4v) is 3.51. The van der Waals surface area contributed by atoms with E-state index < -0.39 is 10.0 Å². The van der Waals surface area contributed by atoms with Gasteiger partial charge in [-0.1, -0.05) is 34.1 Å². The average Bonchev–Trinajstić information content (AvgIpc) is 2.90. The molecule has 0 saturated heterocycles. The van der Waals surface area contributed by atoms with E-state index in [0.717, 1.165) is 10.0 Å². The third kappa shape index (κ3) is 3.25. The predicted octanol–water partition coefficient (Wildman–Crippen LogP) is 3.34. The molecule has 108 valence electrons. The Morgan fingerprint density at radius 3 is 2.65 bits per heavy atom. The molecule has 0 aliphatic carbocycles. The second-order valence-corrected chi connectivity index (χ2v) is 7.51. The van der Waals surface area contributed by atoms with Gasteiger partial charge >= 0.3 is 0 Å². The van der Waals surface area contributed by atoms with Gasteiger partial charge in [0.2, 0.25) is 10.0 Å². The Bertz CT molecular complexity index is 700. The number of nitrogens with one attached hydrogen (secondary N) is 1. The summed E-state index contributed by atoms with van der Waals surface area (Å²) in [4.78, 5) is 3.07. The molecule has 4 nitrogen and oxygen atoms in total. The first-order chi connectivity index (χ1) is 9.45. The van der Waals surface area contributed by atoms with E-state index in [4.69, 9.17) is 11.6 Å². The van der Waals surface area contributed by atoms with Gasteiger partial charge in [0, 0.05) is 30.0 Å². The molecule has 1 heterocycles. The summed E-state index contributed by atoms with van der Waals surface area (Å²) in [5.74, 6) is 0.253. The summed E-state index contributed by atoms with van der Waals surface area (Å²) >= 11 is 9.09. The summed E-state index contributed by atoms with van der Waals surface area (Å²) in [7, 11) is -1.96. The fraction of sp³-hybridized carbons (Fsp3) is 0.231. The van der Waals surface area contributed by atoms with Crippen molar-refractivity contribution in [2.45, 2.75) is 17.3 Å². The molecule has 20 heavy (non-hydrogen) atoms. The second kappa shape index (κ2) is 6.30. The monoisotopic (exact) mass is 376 g/mol. The quantitative estimate of drug-likeness (QED) is 0.813. The largest absolute Gasteiger partial charge is 0.363 e. The van der Waals surface area contributed by atoms with Crippen molar-refractivity contribution in [3.05, 3.63) is 52.3 Å². The first kappa shape index (κ1) is 15.6. The number of benzene rings is 1. The number of H-pyrrole nitrogens is 1. The van der Waals surface area contributed by atoms with E-state index in [1.807, 2.05) is 24.3 Å². The van der Waals surface area contributed by atoms with Gasteiger partial charge < -0.3 is 4.98 Å². The van der Waals surface area contributed by atoms with Crippen LogP contribution in [0.1, 0.15) is 11.3 Å². The molecule has 0 saturated carbocycles. The lowest BCUT2D eigenvalue weighted by Gasteiger charge is -2.17. The van der Waals surface area contributed by atoms with Gasteiger partial charge in [-0.05, 0) is 17.7 Å². The third-order valence-corrected chi connectivity index (χ3v) is 5.76. The lowest BCUT2D eigenvalue weighted by Crippen LogP contribution is -2.26. The topological polar surface area (TPSA) is 53.2 Å². The molecule has 1 N–H and O–H groups in total. The van der Waals surface area contributed by atoms with Crippen LogP contribution < -0.4 is 0 Å². The van der Waals surface area contributed by atoms with Gasteiger partial charge in [0.25, 0.3) is 0 Å². The maximum absolute atomic E-state index is 12.4. The van der Waals surface area contributed by atoms with Gasteiger partial charge in [-0.15, -0.1) is 11.6 Å². The van der Waals surface area contributed by atoms with Gasteiger partial charge in [-0.3, -0.25) is 0 Å². The normalized spacial score (nSPS) is 12.0. The van der Waals surface area contributed by atoms with Crippen LogP contribution in [0.25, 0.3) is 0 Å². The first-order valence-electron chi connectivity index (χ1n) is 5.88. The zero-order valence-electron chi connectivity index (χ0n) is 10.8. The fourth-order valence-electron chi connectivity index (χ4n) is 1.78. The SMILES string of the molecule is CN(Cc1ccccc1Br)S(=O)(=O)c1c[nH]c(CCl)c1. The minimum atomic E-state index is -3.52. The van der Waals surface area contributed by atoms with Crippen LogP contribution in [0.5, 0.6) is 0 Å². The van der Waals surface area contributed by atoms with Gasteiger partial charge in [0.05, 0.1) is 10.8 Å². The van der Waals surface area contributed by atoms with E-state index in [-0.39, 0.29) is 10.8 Å². The minimum Gasteiger partial charge on any atom is -0.363 e. The van der Waals surface area contributed by atoms with Crippen LogP contribution in [0, 0.1) is 0 Å². The predicted molar refractivity (Wildman–Crippen MR) is 83.1 cm³/mol. The molecule has 2 rings (SSSR count). The minimum absolute atomic E-state index is 0.225. The summed E-state index contributed by atoms with van der Waals surface area (Å²) in [5, 5.41) is 0. The Labute approximate surface area is 131 Å². The number of aromatic amines is 1. The molecule has 0 bridgehead atoms. The molecular formula is C13H14BrClN2O2S. The molecule has 0 aliphatic heterocycles. The number of rotatable bonds is 5. The second-order valence-electron chi connectivity index (χ2n) is 4.35. The van der Waals surface area contributed by atoms with Crippen molar-refractivity contribution in [3.8, 4) is 0 Å². The van der Waals surface area contributed by atoms with Crippen LogP contribution >= 0.6 is 27.5 Å². The number of nitrogens with zero attached hydrogens (tertiary/aromatic N) is 1. The van der Waals surface area contributed by atoms with Crippen LogP contribution in [-0.4, -0.2) is 24.8 Å². The maximum Gasteiger partial charge on any atom is 0.244 e. The van der Waals surface area contributed by atoms with Crippen LogP contribution in [-0.2, 0) is 22.4 Å². The van der Waals surface area contributed by atoms with E-state index in [2.05, 4.69) is 20.9 Å². The first-order valence-corrected chi connectivity index (χ1v) is 8.65.